The van der Waals surface area contributed by atoms with Gasteiger partial charge in [-0.25, -0.2) is 0 Å². The molecule has 1 amide bonds. The molecule has 0 bridgehead atoms. The van der Waals surface area contributed by atoms with E-state index in [0.717, 1.165) is 30.9 Å². The molecule has 3 heteroatoms. The number of carbonyl (C=O) groups is 1. The maximum absolute atomic E-state index is 12.3. The predicted octanol–water partition coefficient (Wildman–Crippen LogP) is 3.59. The molecule has 1 aromatic carbocycles. The SMILES string of the molecule is CC1CCC(CC(=O)NC2CCCc3cc(N)ccc32)C1. The molecule has 0 aliphatic heterocycles. The van der Waals surface area contributed by atoms with Gasteiger partial charge in [-0.3, -0.25) is 4.79 Å². The number of hydrogen-bond donors (Lipinski definition) is 2. The Morgan fingerprint density at radius 2 is 2.19 bits per heavy atom. The summed E-state index contributed by atoms with van der Waals surface area (Å²) in [5.41, 5.74) is 9.26. The number of rotatable bonds is 3. The van der Waals surface area contributed by atoms with Crippen molar-refractivity contribution >= 4 is 11.6 Å². The van der Waals surface area contributed by atoms with Gasteiger partial charge in [-0.1, -0.05) is 19.4 Å². The molecule has 2 aliphatic rings. The van der Waals surface area contributed by atoms with Crippen molar-refractivity contribution in [3.05, 3.63) is 29.3 Å². The summed E-state index contributed by atoms with van der Waals surface area (Å²) in [6, 6.07) is 6.28. The van der Waals surface area contributed by atoms with E-state index in [9.17, 15) is 4.79 Å². The number of fused-ring (bicyclic) bond motifs is 1. The number of amides is 1. The first kappa shape index (κ1) is 14.4. The summed E-state index contributed by atoms with van der Waals surface area (Å²) < 4.78 is 0. The Labute approximate surface area is 127 Å². The van der Waals surface area contributed by atoms with E-state index < -0.39 is 0 Å². The van der Waals surface area contributed by atoms with Gasteiger partial charge in [-0.2, -0.15) is 0 Å². The molecule has 1 fully saturated rings. The summed E-state index contributed by atoms with van der Waals surface area (Å²) >= 11 is 0. The molecule has 2 aliphatic carbocycles. The standard InChI is InChI=1S/C18H26N2O/c1-12-5-6-13(9-12)10-18(21)20-17-4-2-3-14-11-15(19)7-8-16(14)17/h7-8,11-13,17H,2-6,9-10,19H2,1H3,(H,20,21). The lowest BCUT2D eigenvalue weighted by Gasteiger charge is -2.27. The zero-order valence-electron chi connectivity index (χ0n) is 12.9. The molecule has 114 valence electrons. The second kappa shape index (κ2) is 6.08. The fraction of sp³-hybridized carbons (Fsp3) is 0.611. The summed E-state index contributed by atoms with van der Waals surface area (Å²) in [6.07, 6.45) is 7.66. The minimum absolute atomic E-state index is 0.181. The first-order chi connectivity index (χ1) is 10.1. The van der Waals surface area contributed by atoms with Gasteiger partial charge in [0.25, 0.3) is 0 Å². The molecule has 3 atom stereocenters. The van der Waals surface area contributed by atoms with Crippen LogP contribution in [0.5, 0.6) is 0 Å². The molecule has 3 unspecified atom stereocenters. The van der Waals surface area contributed by atoms with Crippen molar-refractivity contribution in [2.75, 3.05) is 5.73 Å². The molecule has 0 radical (unpaired) electrons. The molecule has 1 saturated carbocycles. The monoisotopic (exact) mass is 286 g/mol. The van der Waals surface area contributed by atoms with E-state index in [1.54, 1.807) is 0 Å². The highest BCUT2D eigenvalue weighted by Gasteiger charge is 2.26. The van der Waals surface area contributed by atoms with Crippen molar-refractivity contribution in [1.82, 2.24) is 5.32 Å². The molecule has 0 heterocycles. The Balaban J connectivity index is 1.62. The third-order valence-corrected chi connectivity index (χ3v) is 5.09. The number of nitrogens with one attached hydrogen (secondary N) is 1. The van der Waals surface area contributed by atoms with Crippen molar-refractivity contribution in [2.24, 2.45) is 11.8 Å². The normalized spacial score (nSPS) is 28.1. The molecule has 21 heavy (non-hydrogen) atoms. The van der Waals surface area contributed by atoms with Gasteiger partial charge >= 0.3 is 0 Å². The van der Waals surface area contributed by atoms with Gasteiger partial charge in [0.1, 0.15) is 0 Å². The van der Waals surface area contributed by atoms with Crippen LogP contribution in [0.2, 0.25) is 0 Å². The Kier molecular flexibility index (Phi) is 4.18. The topological polar surface area (TPSA) is 55.1 Å². The zero-order valence-corrected chi connectivity index (χ0v) is 12.9. The largest absolute Gasteiger partial charge is 0.399 e. The molecule has 0 saturated heterocycles. The second-order valence-corrected chi connectivity index (χ2v) is 6.96. The van der Waals surface area contributed by atoms with Crippen molar-refractivity contribution in [3.8, 4) is 0 Å². The van der Waals surface area contributed by atoms with Crippen LogP contribution in [0.25, 0.3) is 0 Å². The van der Waals surface area contributed by atoms with Crippen LogP contribution in [-0.4, -0.2) is 5.91 Å². The van der Waals surface area contributed by atoms with E-state index in [2.05, 4.69) is 24.4 Å². The summed E-state index contributed by atoms with van der Waals surface area (Å²) in [6.45, 7) is 2.29. The van der Waals surface area contributed by atoms with Crippen LogP contribution in [0.4, 0.5) is 5.69 Å². The molecular formula is C18H26N2O. The fourth-order valence-electron chi connectivity index (χ4n) is 4.01. The quantitative estimate of drug-likeness (QED) is 0.834. The van der Waals surface area contributed by atoms with Crippen LogP contribution in [0.3, 0.4) is 0 Å². The number of carbonyl (C=O) groups excluding carboxylic acids is 1. The van der Waals surface area contributed by atoms with Crippen LogP contribution in [0.1, 0.15) is 62.6 Å². The number of anilines is 1. The first-order valence-electron chi connectivity index (χ1n) is 8.29. The maximum atomic E-state index is 12.3. The molecular weight excluding hydrogens is 260 g/mol. The Morgan fingerprint density at radius 1 is 1.33 bits per heavy atom. The van der Waals surface area contributed by atoms with E-state index in [-0.39, 0.29) is 11.9 Å². The zero-order chi connectivity index (χ0) is 14.8. The van der Waals surface area contributed by atoms with E-state index in [0.29, 0.717) is 12.3 Å². The van der Waals surface area contributed by atoms with Crippen molar-refractivity contribution in [3.63, 3.8) is 0 Å². The van der Waals surface area contributed by atoms with Crippen molar-refractivity contribution < 1.29 is 4.79 Å². The number of aryl methyl sites for hydroxylation is 1. The van der Waals surface area contributed by atoms with E-state index in [1.807, 2.05) is 6.07 Å². The van der Waals surface area contributed by atoms with Crippen LogP contribution in [-0.2, 0) is 11.2 Å². The lowest BCUT2D eigenvalue weighted by atomic mass is 9.87. The van der Waals surface area contributed by atoms with Crippen LogP contribution >= 0.6 is 0 Å². The van der Waals surface area contributed by atoms with E-state index in [4.69, 9.17) is 5.73 Å². The average Bonchev–Trinajstić information content (AvgIpc) is 2.83. The third-order valence-electron chi connectivity index (χ3n) is 5.09. The van der Waals surface area contributed by atoms with Crippen LogP contribution in [0.15, 0.2) is 18.2 Å². The van der Waals surface area contributed by atoms with Gasteiger partial charge < -0.3 is 11.1 Å². The molecule has 3 N–H and O–H groups in total. The van der Waals surface area contributed by atoms with Gasteiger partial charge in [0.15, 0.2) is 0 Å². The highest BCUT2D eigenvalue weighted by molar-refractivity contribution is 5.77. The average molecular weight is 286 g/mol. The predicted molar refractivity (Wildman–Crippen MR) is 85.8 cm³/mol. The Hall–Kier alpha value is -1.51. The minimum atomic E-state index is 0.181. The molecule has 0 spiro atoms. The summed E-state index contributed by atoms with van der Waals surface area (Å²) in [5.74, 6) is 1.61. The maximum Gasteiger partial charge on any atom is 0.220 e. The summed E-state index contributed by atoms with van der Waals surface area (Å²) in [4.78, 5) is 12.3. The second-order valence-electron chi connectivity index (χ2n) is 6.96. The lowest BCUT2D eigenvalue weighted by Crippen LogP contribution is -2.32. The number of benzene rings is 1. The molecule has 0 aromatic heterocycles. The third kappa shape index (κ3) is 3.39. The number of nitrogen functional groups attached to an aromatic ring is 1. The Morgan fingerprint density at radius 3 is 2.95 bits per heavy atom. The number of hydrogen-bond acceptors (Lipinski definition) is 2. The first-order valence-corrected chi connectivity index (χ1v) is 8.29. The highest BCUT2D eigenvalue weighted by Crippen LogP contribution is 2.34. The van der Waals surface area contributed by atoms with Crippen LogP contribution in [0, 0.1) is 11.8 Å². The van der Waals surface area contributed by atoms with Gasteiger partial charge in [0.2, 0.25) is 5.91 Å². The van der Waals surface area contributed by atoms with Gasteiger partial charge in [-0.15, -0.1) is 0 Å². The molecule has 3 rings (SSSR count). The van der Waals surface area contributed by atoms with Gasteiger partial charge in [0, 0.05) is 12.1 Å². The fourth-order valence-corrected chi connectivity index (χ4v) is 4.01. The smallest absolute Gasteiger partial charge is 0.220 e. The van der Waals surface area contributed by atoms with E-state index >= 15 is 0 Å². The molecule has 3 nitrogen and oxygen atoms in total. The Bertz CT molecular complexity index is 526. The summed E-state index contributed by atoms with van der Waals surface area (Å²) in [5, 5.41) is 3.26. The van der Waals surface area contributed by atoms with Crippen molar-refractivity contribution in [1.29, 1.82) is 0 Å². The van der Waals surface area contributed by atoms with Gasteiger partial charge in [-0.05, 0) is 67.2 Å². The summed E-state index contributed by atoms with van der Waals surface area (Å²) in [7, 11) is 0. The van der Waals surface area contributed by atoms with Gasteiger partial charge in [0.05, 0.1) is 6.04 Å². The minimum Gasteiger partial charge on any atom is -0.399 e. The van der Waals surface area contributed by atoms with E-state index in [1.165, 1.54) is 30.4 Å². The van der Waals surface area contributed by atoms with Crippen LogP contribution < -0.4 is 11.1 Å². The highest BCUT2D eigenvalue weighted by atomic mass is 16.1. The lowest BCUT2D eigenvalue weighted by molar-refractivity contribution is -0.122. The molecule has 1 aromatic rings. The van der Waals surface area contributed by atoms with Crippen molar-refractivity contribution in [2.45, 2.75) is 57.9 Å². The number of nitrogens with two attached hydrogens (primary N) is 1.